The van der Waals surface area contributed by atoms with E-state index in [1.54, 1.807) is 7.05 Å². The summed E-state index contributed by atoms with van der Waals surface area (Å²) in [7, 11) is 1.72. The summed E-state index contributed by atoms with van der Waals surface area (Å²) in [6.07, 6.45) is 0. The molecule has 0 saturated carbocycles. The lowest BCUT2D eigenvalue weighted by Crippen LogP contribution is -1.92. The molecular formula is C5H8N4. The van der Waals surface area contributed by atoms with Gasteiger partial charge in [-0.15, -0.1) is 10.2 Å². The van der Waals surface area contributed by atoms with E-state index >= 15 is 0 Å². The minimum Gasteiger partial charge on any atom is -0.167 e. The number of nitrogens with zero attached hydrogens (tertiary/aromatic N) is 4. The first-order chi connectivity index (χ1) is 4.20. The number of allylic oxidation sites excluding steroid dienone is 1. The first kappa shape index (κ1) is 5.94. The molecule has 0 unspecified atom stereocenters. The monoisotopic (exact) mass is 124 g/mol. The highest BCUT2D eigenvalue weighted by atomic mass is 15.6. The van der Waals surface area contributed by atoms with Gasteiger partial charge >= 0.3 is 0 Å². The van der Waals surface area contributed by atoms with E-state index in [0.29, 0.717) is 5.82 Å². The number of hydrogen-bond acceptors (Lipinski definition) is 3. The lowest BCUT2D eigenvalue weighted by Gasteiger charge is -1.83. The minimum absolute atomic E-state index is 0.609. The lowest BCUT2D eigenvalue weighted by atomic mass is 10.3. The fraction of sp³-hybridized carbons (Fsp3) is 0.400. The van der Waals surface area contributed by atoms with E-state index in [2.05, 4.69) is 22.0 Å². The maximum Gasteiger partial charge on any atom is 0.200 e. The van der Waals surface area contributed by atoms with Crippen LogP contribution in [0.5, 0.6) is 0 Å². The molecule has 0 atom stereocenters. The highest BCUT2D eigenvalue weighted by molar-refractivity contribution is 5.52. The first-order valence-electron chi connectivity index (χ1n) is 2.60. The van der Waals surface area contributed by atoms with Crippen LogP contribution in [0, 0.1) is 0 Å². The van der Waals surface area contributed by atoms with Crippen LogP contribution in [0.4, 0.5) is 0 Å². The molecule has 0 aliphatic rings. The number of aryl methyl sites for hydroxylation is 1. The summed E-state index contributed by atoms with van der Waals surface area (Å²) < 4.78 is 0. The quantitative estimate of drug-likeness (QED) is 0.538. The summed E-state index contributed by atoms with van der Waals surface area (Å²) in [6.45, 7) is 5.50. The number of tetrazole rings is 1. The van der Waals surface area contributed by atoms with Gasteiger partial charge in [0.15, 0.2) is 5.82 Å². The molecule has 0 aliphatic carbocycles. The summed E-state index contributed by atoms with van der Waals surface area (Å²) in [5, 5.41) is 11.3. The second-order valence-electron chi connectivity index (χ2n) is 1.88. The summed E-state index contributed by atoms with van der Waals surface area (Å²) >= 11 is 0. The van der Waals surface area contributed by atoms with Crippen LogP contribution in [0.1, 0.15) is 12.7 Å². The van der Waals surface area contributed by atoms with Crippen LogP contribution >= 0.6 is 0 Å². The third kappa shape index (κ3) is 1.13. The molecule has 1 rings (SSSR count). The van der Waals surface area contributed by atoms with Gasteiger partial charge in [0.25, 0.3) is 0 Å². The van der Waals surface area contributed by atoms with Crippen LogP contribution in [0.2, 0.25) is 0 Å². The van der Waals surface area contributed by atoms with Crippen molar-refractivity contribution in [3.05, 3.63) is 12.4 Å². The van der Waals surface area contributed by atoms with Crippen LogP contribution in [-0.4, -0.2) is 20.2 Å². The highest BCUT2D eigenvalue weighted by Crippen LogP contribution is 1.99. The van der Waals surface area contributed by atoms with E-state index < -0.39 is 0 Å². The molecule has 0 saturated heterocycles. The molecule has 0 N–H and O–H groups in total. The van der Waals surface area contributed by atoms with Crippen LogP contribution in [0.3, 0.4) is 0 Å². The average molecular weight is 124 g/mol. The summed E-state index contributed by atoms with van der Waals surface area (Å²) in [5.74, 6) is 0.609. The van der Waals surface area contributed by atoms with E-state index in [9.17, 15) is 0 Å². The van der Waals surface area contributed by atoms with Gasteiger partial charge in [0.05, 0.1) is 7.05 Å². The standard InChI is InChI=1S/C5H8N4/c1-4(2)5-6-8-9(3)7-5/h1H2,2-3H3. The largest absolute Gasteiger partial charge is 0.200 e. The third-order valence-corrected chi connectivity index (χ3v) is 0.890. The molecule has 0 aliphatic heterocycles. The van der Waals surface area contributed by atoms with Crippen molar-refractivity contribution < 1.29 is 0 Å². The van der Waals surface area contributed by atoms with E-state index in [0.717, 1.165) is 5.57 Å². The Morgan fingerprint density at radius 2 is 2.33 bits per heavy atom. The molecule has 0 amide bonds. The van der Waals surface area contributed by atoms with Crippen molar-refractivity contribution in [2.24, 2.45) is 7.05 Å². The van der Waals surface area contributed by atoms with Crippen molar-refractivity contribution in [3.63, 3.8) is 0 Å². The third-order valence-electron chi connectivity index (χ3n) is 0.890. The zero-order chi connectivity index (χ0) is 6.85. The molecular weight excluding hydrogens is 116 g/mol. The van der Waals surface area contributed by atoms with Crippen LogP contribution in [-0.2, 0) is 7.05 Å². The van der Waals surface area contributed by atoms with Crippen molar-refractivity contribution in [2.75, 3.05) is 0 Å². The van der Waals surface area contributed by atoms with E-state index in [1.807, 2.05) is 6.92 Å². The van der Waals surface area contributed by atoms with Gasteiger partial charge in [-0.25, -0.2) is 0 Å². The molecule has 0 radical (unpaired) electrons. The van der Waals surface area contributed by atoms with Gasteiger partial charge in [0, 0.05) is 0 Å². The summed E-state index contributed by atoms with van der Waals surface area (Å²) in [6, 6.07) is 0. The van der Waals surface area contributed by atoms with E-state index in [-0.39, 0.29) is 0 Å². The fourth-order valence-electron chi connectivity index (χ4n) is 0.455. The molecule has 48 valence electrons. The molecule has 4 heteroatoms. The molecule has 1 aromatic rings. The molecule has 0 aromatic carbocycles. The van der Waals surface area contributed by atoms with Crippen molar-refractivity contribution in [2.45, 2.75) is 6.92 Å². The molecule has 0 bridgehead atoms. The van der Waals surface area contributed by atoms with Crippen molar-refractivity contribution in [3.8, 4) is 0 Å². The van der Waals surface area contributed by atoms with Gasteiger partial charge in [0.1, 0.15) is 0 Å². The minimum atomic E-state index is 0.609. The van der Waals surface area contributed by atoms with Crippen molar-refractivity contribution >= 4 is 5.57 Å². The normalized spacial score (nSPS) is 9.56. The second kappa shape index (κ2) is 1.97. The van der Waals surface area contributed by atoms with E-state index in [1.165, 1.54) is 4.80 Å². The predicted molar refractivity (Wildman–Crippen MR) is 33.5 cm³/mol. The Morgan fingerprint density at radius 3 is 2.56 bits per heavy atom. The topological polar surface area (TPSA) is 43.6 Å². The average Bonchev–Trinajstić information content (AvgIpc) is 2.14. The number of aromatic nitrogens is 4. The maximum absolute atomic E-state index is 3.91. The highest BCUT2D eigenvalue weighted by Gasteiger charge is 1.97. The molecule has 1 heterocycles. The SMILES string of the molecule is C=C(C)c1nnn(C)n1. The van der Waals surface area contributed by atoms with Gasteiger partial charge in [-0.05, 0) is 17.7 Å². The Hall–Kier alpha value is -1.19. The first-order valence-corrected chi connectivity index (χ1v) is 2.60. The van der Waals surface area contributed by atoms with Gasteiger partial charge in [-0.3, -0.25) is 0 Å². The summed E-state index contributed by atoms with van der Waals surface area (Å²) in [5.41, 5.74) is 0.836. The zero-order valence-electron chi connectivity index (χ0n) is 5.50. The van der Waals surface area contributed by atoms with Gasteiger partial charge < -0.3 is 0 Å². The Labute approximate surface area is 53.2 Å². The molecule has 0 fully saturated rings. The smallest absolute Gasteiger partial charge is 0.167 e. The Bertz CT molecular complexity index is 225. The molecule has 9 heavy (non-hydrogen) atoms. The predicted octanol–water partition coefficient (Wildman–Crippen LogP) is 0.243. The molecule has 1 aromatic heterocycles. The Kier molecular flexibility index (Phi) is 1.30. The fourth-order valence-corrected chi connectivity index (χ4v) is 0.455. The number of hydrogen-bond donors (Lipinski definition) is 0. The Balaban J connectivity index is 2.98. The molecule has 4 nitrogen and oxygen atoms in total. The Morgan fingerprint density at radius 1 is 1.67 bits per heavy atom. The second-order valence-corrected chi connectivity index (χ2v) is 1.88. The van der Waals surface area contributed by atoms with Crippen molar-refractivity contribution in [1.82, 2.24) is 20.2 Å². The van der Waals surface area contributed by atoms with E-state index in [4.69, 9.17) is 0 Å². The zero-order valence-corrected chi connectivity index (χ0v) is 5.50. The van der Waals surface area contributed by atoms with Crippen LogP contribution < -0.4 is 0 Å². The van der Waals surface area contributed by atoms with Gasteiger partial charge in [0.2, 0.25) is 0 Å². The van der Waals surface area contributed by atoms with Gasteiger partial charge in [-0.1, -0.05) is 6.58 Å². The van der Waals surface area contributed by atoms with Gasteiger partial charge in [-0.2, -0.15) is 4.80 Å². The van der Waals surface area contributed by atoms with Crippen LogP contribution in [0.15, 0.2) is 6.58 Å². The maximum atomic E-state index is 3.91. The summed E-state index contributed by atoms with van der Waals surface area (Å²) in [4.78, 5) is 1.41. The van der Waals surface area contributed by atoms with Crippen LogP contribution in [0.25, 0.3) is 5.57 Å². The van der Waals surface area contributed by atoms with Crippen molar-refractivity contribution in [1.29, 1.82) is 0 Å². The number of rotatable bonds is 1. The molecule has 0 spiro atoms. The lowest BCUT2D eigenvalue weighted by molar-refractivity contribution is 0.629.